The van der Waals surface area contributed by atoms with Crippen molar-refractivity contribution in [1.29, 1.82) is 0 Å². The molecule has 0 radical (unpaired) electrons. The van der Waals surface area contributed by atoms with E-state index in [0.29, 0.717) is 43.3 Å². The van der Waals surface area contributed by atoms with Crippen molar-refractivity contribution in [2.24, 2.45) is 0 Å². The molecule has 1 N–H and O–H groups in total. The zero-order chi connectivity index (χ0) is 21.1. The summed E-state index contributed by atoms with van der Waals surface area (Å²) >= 11 is 5.97. The topological polar surface area (TPSA) is 67.2 Å². The summed E-state index contributed by atoms with van der Waals surface area (Å²) in [5.74, 6) is -0.862. The molecular weight excluding hydrogens is 407 g/mol. The van der Waals surface area contributed by atoms with Crippen LogP contribution in [-0.2, 0) is 19.6 Å². The highest BCUT2D eigenvalue weighted by molar-refractivity contribution is 6.30. The van der Waals surface area contributed by atoms with Crippen LogP contribution in [0.15, 0.2) is 54.6 Å². The highest BCUT2D eigenvalue weighted by Gasteiger charge is 2.26. The Bertz CT molecular complexity index is 1080. The third kappa shape index (κ3) is 4.52. The number of carbonyl (C=O) groups excluding carboxylic acids is 2. The number of carbonyl (C=O) groups is 2. The molecule has 0 spiro atoms. The molecule has 1 aromatic heterocycles. The van der Waals surface area contributed by atoms with Gasteiger partial charge in [-0.2, -0.15) is 5.10 Å². The fourth-order valence-electron chi connectivity index (χ4n) is 3.43. The Balaban J connectivity index is 1.46. The third-order valence-electron chi connectivity index (χ3n) is 4.95. The normalized spacial score (nSPS) is 13.7. The molecule has 0 saturated carbocycles. The molecule has 0 saturated heterocycles. The summed E-state index contributed by atoms with van der Waals surface area (Å²) in [7, 11) is 0. The van der Waals surface area contributed by atoms with E-state index in [-0.39, 0.29) is 23.3 Å². The maximum atomic E-state index is 13.1. The number of aryl methyl sites for hydroxylation is 1. The van der Waals surface area contributed by atoms with Crippen molar-refractivity contribution in [2.75, 3.05) is 6.54 Å². The minimum atomic E-state index is -0.353. The second-order valence-corrected chi connectivity index (χ2v) is 7.59. The maximum absolute atomic E-state index is 13.1. The third-order valence-corrected chi connectivity index (χ3v) is 5.18. The average molecular weight is 427 g/mol. The van der Waals surface area contributed by atoms with Crippen molar-refractivity contribution in [2.45, 2.75) is 26.1 Å². The van der Waals surface area contributed by atoms with Crippen LogP contribution in [-0.4, -0.2) is 33.0 Å². The summed E-state index contributed by atoms with van der Waals surface area (Å²) in [6, 6.07) is 14.8. The molecule has 1 aliphatic rings. The number of nitrogens with one attached hydrogen (secondary N) is 1. The van der Waals surface area contributed by atoms with E-state index in [1.165, 1.54) is 18.2 Å². The van der Waals surface area contributed by atoms with Gasteiger partial charge >= 0.3 is 0 Å². The van der Waals surface area contributed by atoms with Crippen LogP contribution in [0.2, 0.25) is 5.02 Å². The lowest BCUT2D eigenvalue weighted by molar-refractivity contribution is 0.0745. The van der Waals surface area contributed by atoms with Crippen LogP contribution in [0.25, 0.3) is 0 Å². The number of fused-ring (bicyclic) bond motifs is 1. The fourth-order valence-corrected chi connectivity index (χ4v) is 3.64. The van der Waals surface area contributed by atoms with Gasteiger partial charge in [0.25, 0.3) is 11.8 Å². The van der Waals surface area contributed by atoms with Gasteiger partial charge in [0.15, 0.2) is 5.69 Å². The van der Waals surface area contributed by atoms with Gasteiger partial charge in [-0.25, -0.2) is 4.39 Å². The summed E-state index contributed by atoms with van der Waals surface area (Å²) in [5.41, 5.74) is 2.29. The van der Waals surface area contributed by atoms with E-state index < -0.39 is 0 Å². The summed E-state index contributed by atoms with van der Waals surface area (Å²) in [4.78, 5) is 27.2. The SMILES string of the molecule is O=C(NCc1cccc(Cl)c1)c1cc2n(n1)CCCN(Cc1ccc(F)cc1)C2=O. The molecule has 0 fully saturated rings. The van der Waals surface area contributed by atoms with Gasteiger partial charge in [-0.1, -0.05) is 35.9 Å². The number of hydrogen-bond acceptors (Lipinski definition) is 3. The Kier molecular flexibility index (Phi) is 5.81. The molecule has 4 rings (SSSR count). The van der Waals surface area contributed by atoms with Gasteiger partial charge in [-0.15, -0.1) is 0 Å². The molecular formula is C22H20ClFN4O2. The van der Waals surface area contributed by atoms with Crippen molar-refractivity contribution < 1.29 is 14.0 Å². The molecule has 0 unspecified atom stereocenters. The zero-order valence-electron chi connectivity index (χ0n) is 16.1. The van der Waals surface area contributed by atoms with Gasteiger partial charge in [0, 0.05) is 37.3 Å². The Morgan fingerprint density at radius 3 is 2.67 bits per heavy atom. The molecule has 154 valence electrons. The molecule has 8 heteroatoms. The first-order valence-corrected chi connectivity index (χ1v) is 10.0. The number of rotatable bonds is 5. The lowest BCUT2D eigenvalue weighted by atomic mass is 10.2. The average Bonchev–Trinajstić information content (AvgIpc) is 3.11. The minimum Gasteiger partial charge on any atom is -0.347 e. The van der Waals surface area contributed by atoms with E-state index in [1.54, 1.807) is 33.8 Å². The van der Waals surface area contributed by atoms with Crippen LogP contribution in [0.1, 0.15) is 38.5 Å². The lowest BCUT2D eigenvalue weighted by Crippen LogP contribution is -2.30. The standard InChI is InChI=1S/C22H20ClFN4O2/c23-17-4-1-3-16(11-17)13-25-21(29)19-12-20-22(30)27(9-2-10-28(20)26-19)14-15-5-7-18(24)8-6-15/h1,3-8,11-12H,2,9-10,13-14H2,(H,25,29). The van der Waals surface area contributed by atoms with E-state index in [1.807, 2.05) is 12.1 Å². The first-order chi connectivity index (χ1) is 14.5. The van der Waals surface area contributed by atoms with Crippen LogP contribution in [0.5, 0.6) is 0 Å². The first-order valence-electron chi connectivity index (χ1n) is 9.64. The number of halogens is 2. The summed E-state index contributed by atoms with van der Waals surface area (Å²) < 4.78 is 14.7. The van der Waals surface area contributed by atoms with Crippen LogP contribution in [0.3, 0.4) is 0 Å². The van der Waals surface area contributed by atoms with Crippen molar-refractivity contribution in [3.05, 3.63) is 88.0 Å². The summed E-state index contributed by atoms with van der Waals surface area (Å²) in [6.07, 6.45) is 0.713. The van der Waals surface area contributed by atoms with E-state index in [4.69, 9.17) is 11.6 Å². The molecule has 0 bridgehead atoms. The Morgan fingerprint density at radius 2 is 1.90 bits per heavy atom. The summed E-state index contributed by atoms with van der Waals surface area (Å²) in [5, 5.41) is 7.73. The van der Waals surface area contributed by atoms with Crippen LogP contribution in [0.4, 0.5) is 4.39 Å². The zero-order valence-corrected chi connectivity index (χ0v) is 16.9. The highest BCUT2D eigenvalue weighted by atomic mass is 35.5. The monoisotopic (exact) mass is 426 g/mol. The van der Waals surface area contributed by atoms with Crippen molar-refractivity contribution in [3.8, 4) is 0 Å². The minimum absolute atomic E-state index is 0.196. The molecule has 2 heterocycles. The lowest BCUT2D eigenvalue weighted by Gasteiger charge is -2.20. The van der Waals surface area contributed by atoms with Gasteiger partial charge in [0.1, 0.15) is 11.5 Å². The molecule has 0 atom stereocenters. The second kappa shape index (κ2) is 8.67. The second-order valence-electron chi connectivity index (χ2n) is 7.16. The van der Waals surface area contributed by atoms with E-state index >= 15 is 0 Å². The van der Waals surface area contributed by atoms with E-state index in [0.717, 1.165) is 11.1 Å². The smallest absolute Gasteiger partial charge is 0.272 e. The van der Waals surface area contributed by atoms with Crippen LogP contribution < -0.4 is 5.32 Å². The molecule has 2 aromatic carbocycles. The molecule has 30 heavy (non-hydrogen) atoms. The van der Waals surface area contributed by atoms with Crippen LogP contribution in [0, 0.1) is 5.82 Å². The molecule has 3 aromatic rings. The molecule has 1 aliphatic heterocycles. The van der Waals surface area contributed by atoms with Crippen molar-refractivity contribution in [1.82, 2.24) is 20.0 Å². The number of amides is 2. The maximum Gasteiger partial charge on any atom is 0.272 e. The Labute approximate surface area is 178 Å². The van der Waals surface area contributed by atoms with E-state index in [2.05, 4.69) is 10.4 Å². The summed E-state index contributed by atoms with van der Waals surface area (Å²) in [6.45, 7) is 1.80. The molecule has 6 nitrogen and oxygen atoms in total. The Morgan fingerprint density at radius 1 is 1.10 bits per heavy atom. The van der Waals surface area contributed by atoms with Crippen molar-refractivity contribution in [3.63, 3.8) is 0 Å². The highest BCUT2D eigenvalue weighted by Crippen LogP contribution is 2.17. The van der Waals surface area contributed by atoms with Gasteiger partial charge < -0.3 is 10.2 Å². The van der Waals surface area contributed by atoms with Crippen LogP contribution >= 0.6 is 11.6 Å². The molecule has 0 aliphatic carbocycles. The van der Waals surface area contributed by atoms with Gasteiger partial charge in [-0.3, -0.25) is 14.3 Å². The van der Waals surface area contributed by atoms with Gasteiger partial charge in [-0.05, 0) is 41.8 Å². The Hall–Kier alpha value is -3.19. The number of hydrogen-bond donors (Lipinski definition) is 1. The fraction of sp³-hybridized carbons (Fsp3) is 0.227. The first kappa shape index (κ1) is 20.1. The predicted octanol–water partition coefficient (Wildman–Crippen LogP) is 3.65. The van der Waals surface area contributed by atoms with Gasteiger partial charge in [0.05, 0.1) is 0 Å². The number of nitrogens with zero attached hydrogens (tertiary/aromatic N) is 3. The number of aromatic nitrogens is 2. The van der Waals surface area contributed by atoms with E-state index in [9.17, 15) is 14.0 Å². The van der Waals surface area contributed by atoms with Gasteiger partial charge in [0.2, 0.25) is 0 Å². The predicted molar refractivity (Wildman–Crippen MR) is 111 cm³/mol. The largest absolute Gasteiger partial charge is 0.347 e. The number of benzene rings is 2. The quantitative estimate of drug-likeness (QED) is 0.677. The van der Waals surface area contributed by atoms with Crippen molar-refractivity contribution >= 4 is 23.4 Å². The molecule has 2 amide bonds.